The van der Waals surface area contributed by atoms with Crippen LogP contribution < -0.4 is 0 Å². The Hall–Kier alpha value is -2.12. The molecule has 1 N–H and O–H groups in total. The van der Waals surface area contributed by atoms with Crippen molar-refractivity contribution in [3.05, 3.63) is 41.5 Å². The molecule has 100 valence electrons. The minimum Gasteiger partial charge on any atom is -0.389 e. The Morgan fingerprint density at radius 3 is 2.47 bits per heavy atom. The monoisotopic (exact) mass is 258 g/mol. The van der Waals surface area contributed by atoms with Crippen LogP contribution in [-0.4, -0.2) is 35.1 Å². The molecular weight excluding hydrogens is 240 g/mol. The fourth-order valence-corrected chi connectivity index (χ4v) is 1.62. The normalized spacial score (nSPS) is 11.3. The number of carbonyl (C=O) groups excluding carboxylic acids is 1. The molecule has 0 unspecified atom stereocenters. The molecule has 0 aliphatic heterocycles. The third kappa shape index (κ3) is 5.36. The summed E-state index contributed by atoms with van der Waals surface area (Å²) in [4.78, 5) is 13.3. The van der Waals surface area contributed by atoms with E-state index < -0.39 is 5.60 Å². The molecule has 1 rings (SSSR count). The van der Waals surface area contributed by atoms with Gasteiger partial charge in [-0.25, -0.2) is 0 Å². The maximum atomic E-state index is 11.8. The summed E-state index contributed by atoms with van der Waals surface area (Å²) in [7, 11) is 1.64. The fraction of sp³-hybridized carbons (Fsp3) is 0.333. The SMILES string of the molecule is CN(CC(C)(C)O)C(=O)C=Cc1ccc(C#N)cc1. The zero-order valence-electron chi connectivity index (χ0n) is 11.4. The van der Waals surface area contributed by atoms with Crippen LogP contribution in [0.15, 0.2) is 30.3 Å². The average Bonchev–Trinajstić information content (AvgIpc) is 2.34. The molecule has 1 amide bonds. The van der Waals surface area contributed by atoms with E-state index in [1.165, 1.54) is 11.0 Å². The van der Waals surface area contributed by atoms with Crippen molar-refractivity contribution in [1.82, 2.24) is 4.90 Å². The molecule has 0 radical (unpaired) electrons. The topological polar surface area (TPSA) is 64.3 Å². The summed E-state index contributed by atoms with van der Waals surface area (Å²) in [6.45, 7) is 3.58. The predicted molar refractivity (Wildman–Crippen MR) is 74.1 cm³/mol. The number of nitrogens with zero attached hydrogens (tertiary/aromatic N) is 2. The fourth-order valence-electron chi connectivity index (χ4n) is 1.62. The third-order valence-corrected chi connectivity index (χ3v) is 2.46. The summed E-state index contributed by atoms with van der Waals surface area (Å²) in [6, 6.07) is 8.99. The molecule has 4 heteroatoms. The van der Waals surface area contributed by atoms with Gasteiger partial charge in [0.15, 0.2) is 0 Å². The third-order valence-electron chi connectivity index (χ3n) is 2.46. The lowest BCUT2D eigenvalue weighted by Crippen LogP contribution is -2.38. The molecule has 0 aliphatic carbocycles. The van der Waals surface area contributed by atoms with Crippen LogP contribution >= 0.6 is 0 Å². The van der Waals surface area contributed by atoms with Gasteiger partial charge in [0.05, 0.1) is 17.2 Å². The summed E-state index contributed by atoms with van der Waals surface area (Å²) < 4.78 is 0. The van der Waals surface area contributed by atoms with Crippen LogP contribution in [-0.2, 0) is 4.79 Å². The Labute approximate surface area is 113 Å². The Balaban J connectivity index is 2.65. The van der Waals surface area contributed by atoms with Crippen molar-refractivity contribution in [2.45, 2.75) is 19.4 Å². The number of carbonyl (C=O) groups is 1. The van der Waals surface area contributed by atoms with Gasteiger partial charge in [-0.3, -0.25) is 4.79 Å². The molecular formula is C15H18N2O2. The molecule has 0 heterocycles. The van der Waals surface area contributed by atoms with E-state index in [1.54, 1.807) is 51.2 Å². The van der Waals surface area contributed by atoms with Crippen molar-refractivity contribution in [2.75, 3.05) is 13.6 Å². The minimum atomic E-state index is -0.910. The summed E-state index contributed by atoms with van der Waals surface area (Å²) in [5, 5.41) is 18.3. The quantitative estimate of drug-likeness (QED) is 0.837. The number of likely N-dealkylation sites (N-methyl/N-ethyl adjacent to an activating group) is 1. The van der Waals surface area contributed by atoms with Crippen molar-refractivity contribution in [1.29, 1.82) is 5.26 Å². The molecule has 0 aliphatic rings. The van der Waals surface area contributed by atoms with E-state index in [0.717, 1.165) is 5.56 Å². The second-order valence-corrected chi connectivity index (χ2v) is 5.07. The number of aliphatic hydroxyl groups is 1. The van der Waals surface area contributed by atoms with Gasteiger partial charge < -0.3 is 10.0 Å². The van der Waals surface area contributed by atoms with Gasteiger partial charge in [0.1, 0.15) is 0 Å². The van der Waals surface area contributed by atoms with Crippen LogP contribution in [0, 0.1) is 11.3 Å². The summed E-state index contributed by atoms with van der Waals surface area (Å²) in [5.41, 5.74) is 0.527. The first kappa shape index (κ1) is 14.9. The van der Waals surface area contributed by atoms with E-state index in [0.29, 0.717) is 5.56 Å². The lowest BCUT2D eigenvalue weighted by Gasteiger charge is -2.24. The second kappa shape index (κ2) is 6.17. The van der Waals surface area contributed by atoms with Crippen LogP contribution in [0.3, 0.4) is 0 Å². The molecule has 19 heavy (non-hydrogen) atoms. The number of hydrogen-bond donors (Lipinski definition) is 1. The predicted octanol–water partition coefficient (Wildman–Crippen LogP) is 1.80. The first-order chi connectivity index (χ1) is 8.81. The molecule has 1 aromatic carbocycles. The highest BCUT2D eigenvalue weighted by atomic mass is 16.3. The lowest BCUT2D eigenvalue weighted by atomic mass is 10.1. The number of hydrogen-bond acceptors (Lipinski definition) is 3. The smallest absolute Gasteiger partial charge is 0.246 e. The summed E-state index contributed by atoms with van der Waals surface area (Å²) in [5.74, 6) is -0.175. The molecule has 0 saturated carbocycles. The van der Waals surface area contributed by atoms with Crippen LogP contribution in [0.25, 0.3) is 6.08 Å². The van der Waals surface area contributed by atoms with Crippen LogP contribution in [0.4, 0.5) is 0 Å². The molecule has 0 bridgehead atoms. The van der Waals surface area contributed by atoms with Crippen LogP contribution in [0.1, 0.15) is 25.0 Å². The Morgan fingerprint density at radius 1 is 1.42 bits per heavy atom. The van der Waals surface area contributed by atoms with Crippen molar-refractivity contribution >= 4 is 12.0 Å². The van der Waals surface area contributed by atoms with Crippen molar-refractivity contribution in [2.24, 2.45) is 0 Å². The Kier molecular flexibility index (Phi) is 4.85. The van der Waals surface area contributed by atoms with Crippen LogP contribution in [0.2, 0.25) is 0 Å². The van der Waals surface area contributed by atoms with Gasteiger partial charge >= 0.3 is 0 Å². The highest BCUT2D eigenvalue weighted by Gasteiger charge is 2.17. The number of amides is 1. The van der Waals surface area contributed by atoms with E-state index in [1.807, 2.05) is 6.07 Å². The van der Waals surface area contributed by atoms with E-state index in [4.69, 9.17) is 5.26 Å². The van der Waals surface area contributed by atoms with E-state index in [9.17, 15) is 9.90 Å². The zero-order chi connectivity index (χ0) is 14.5. The van der Waals surface area contributed by atoms with E-state index in [-0.39, 0.29) is 12.5 Å². The van der Waals surface area contributed by atoms with Gasteiger partial charge in [-0.15, -0.1) is 0 Å². The van der Waals surface area contributed by atoms with E-state index in [2.05, 4.69) is 0 Å². The first-order valence-corrected chi connectivity index (χ1v) is 5.97. The molecule has 1 aromatic rings. The highest BCUT2D eigenvalue weighted by molar-refractivity contribution is 5.91. The molecule has 0 fully saturated rings. The number of benzene rings is 1. The summed E-state index contributed by atoms with van der Waals surface area (Å²) >= 11 is 0. The standard InChI is InChI=1S/C15H18N2O2/c1-15(2,19)11-17(3)14(18)9-8-12-4-6-13(10-16)7-5-12/h4-9,19H,11H2,1-3H3. The molecule has 0 spiro atoms. The van der Waals surface area contributed by atoms with Crippen molar-refractivity contribution in [3.63, 3.8) is 0 Å². The minimum absolute atomic E-state index is 0.175. The first-order valence-electron chi connectivity index (χ1n) is 5.97. The molecule has 0 aromatic heterocycles. The Morgan fingerprint density at radius 2 is 2.00 bits per heavy atom. The second-order valence-electron chi connectivity index (χ2n) is 5.07. The highest BCUT2D eigenvalue weighted by Crippen LogP contribution is 2.07. The van der Waals surface area contributed by atoms with Crippen molar-refractivity contribution in [3.8, 4) is 6.07 Å². The number of rotatable bonds is 4. The van der Waals surface area contributed by atoms with Crippen molar-refractivity contribution < 1.29 is 9.90 Å². The average molecular weight is 258 g/mol. The number of nitriles is 1. The summed E-state index contributed by atoms with van der Waals surface area (Å²) in [6.07, 6.45) is 3.14. The maximum Gasteiger partial charge on any atom is 0.246 e. The van der Waals surface area contributed by atoms with Gasteiger partial charge in [-0.1, -0.05) is 12.1 Å². The van der Waals surface area contributed by atoms with Gasteiger partial charge in [-0.05, 0) is 37.6 Å². The zero-order valence-corrected chi connectivity index (χ0v) is 11.4. The largest absolute Gasteiger partial charge is 0.389 e. The molecule has 4 nitrogen and oxygen atoms in total. The van der Waals surface area contributed by atoms with Gasteiger partial charge in [-0.2, -0.15) is 5.26 Å². The Bertz CT molecular complexity index is 504. The molecule has 0 saturated heterocycles. The maximum absolute atomic E-state index is 11.8. The van der Waals surface area contributed by atoms with Gasteiger partial charge in [0.2, 0.25) is 5.91 Å². The molecule has 0 atom stereocenters. The van der Waals surface area contributed by atoms with Gasteiger partial charge in [0, 0.05) is 19.7 Å². The van der Waals surface area contributed by atoms with Gasteiger partial charge in [0.25, 0.3) is 0 Å². The van der Waals surface area contributed by atoms with Crippen LogP contribution in [0.5, 0.6) is 0 Å². The van der Waals surface area contributed by atoms with E-state index >= 15 is 0 Å². The lowest BCUT2D eigenvalue weighted by molar-refractivity contribution is -0.127.